The maximum absolute atomic E-state index is 12.7. The van der Waals surface area contributed by atoms with E-state index in [0.29, 0.717) is 0 Å². The molecular formula is C26H22O9. The fraction of sp³-hybridized carbons (Fsp3) is 0.192. The zero-order valence-corrected chi connectivity index (χ0v) is 18.4. The van der Waals surface area contributed by atoms with Crippen molar-refractivity contribution in [2.24, 2.45) is 0 Å². The molecule has 1 aliphatic heterocycles. The molecule has 0 saturated carbocycles. The normalized spacial score (nSPS) is 20.6. The second-order valence-electron chi connectivity index (χ2n) is 7.71. The van der Waals surface area contributed by atoms with Gasteiger partial charge in [-0.3, -0.25) is 0 Å². The van der Waals surface area contributed by atoms with E-state index in [9.17, 15) is 24.6 Å². The van der Waals surface area contributed by atoms with Crippen LogP contribution in [0.2, 0.25) is 0 Å². The van der Waals surface area contributed by atoms with Crippen molar-refractivity contribution in [3.63, 3.8) is 0 Å². The van der Waals surface area contributed by atoms with Gasteiger partial charge in [-0.2, -0.15) is 0 Å². The molecule has 180 valence electrons. The van der Waals surface area contributed by atoms with Crippen LogP contribution in [-0.4, -0.2) is 59.0 Å². The number of carbonyl (C=O) groups excluding carboxylic acids is 3. The highest BCUT2D eigenvalue weighted by Gasteiger charge is 2.59. The van der Waals surface area contributed by atoms with Gasteiger partial charge in [0.1, 0.15) is 12.7 Å². The average molecular weight is 478 g/mol. The zero-order valence-electron chi connectivity index (χ0n) is 18.4. The molecule has 9 nitrogen and oxygen atoms in total. The standard InChI is InChI=1S/C26H22O9/c27-23(17-10-4-1-5-11-17)32-16-20-21(33-24(28)18-12-6-2-7-13-18)22(26(30,31)35-20)34-25(29)19-14-8-3-9-15-19/h1-15,20-22,30-31H,16H2/t20-,21-,22-/m1/s1. The Morgan fingerprint density at radius 1 is 0.686 bits per heavy atom. The van der Waals surface area contributed by atoms with E-state index < -0.39 is 48.8 Å². The summed E-state index contributed by atoms with van der Waals surface area (Å²) in [6, 6.07) is 23.9. The van der Waals surface area contributed by atoms with Crippen LogP contribution in [0.3, 0.4) is 0 Å². The molecule has 0 bridgehead atoms. The molecule has 4 rings (SSSR count). The summed E-state index contributed by atoms with van der Waals surface area (Å²) in [7, 11) is 0. The Morgan fingerprint density at radius 3 is 1.60 bits per heavy atom. The summed E-state index contributed by atoms with van der Waals surface area (Å²) in [5.41, 5.74) is 0.569. The van der Waals surface area contributed by atoms with Gasteiger partial charge in [0.25, 0.3) is 0 Å². The number of hydrogen-bond acceptors (Lipinski definition) is 9. The number of carbonyl (C=O) groups is 3. The summed E-state index contributed by atoms with van der Waals surface area (Å²) in [6.45, 7) is -0.511. The van der Waals surface area contributed by atoms with Crippen LogP contribution in [0.1, 0.15) is 31.1 Å². The van der Waals surface area contributed by atoms with Crippen molar-refractivity contribution < 1.29 is 43.5 Å². The van der Waals surface area contributed by atoms with Crippen LogP contribution in [0.5, 0.6) is 0 Å². The Bertz CT molecular complexity index is 1160. The van der Waals surface area contributed by atoms with Gasteiger partial charge in [-0.25, -0.2) is 14.4 Å². The van der Waals surface area contributed by atoms with Crippen molar-refractivity contribution in [3.05, 3.63) is 108 Å². The molecule has 1 fully saturated rings. The van der Waals surface area contributed by atoms with Gasteiger partial charge in [-0.1, -0.05) is 54.6 Å². The molecule has 35 heavy (non-hydrogen) atoms. The third kappa shape index (κ3) is 5.72. The third-order valence-corrected chi connectivity index (χ3v) is 5.24. The summed E-state index contributed by atoms with van der Waals surface area (Å²) >= 11 is 0. The molecule has 2 N–H and O–H groups in total. The van der Waals surface area contributed by atoms with Crippen LogP contribution in [0, 0.1) is 0 Å². The minimum atomic E-state index is -3.02. The Balaban J connectivity index is 1.55. The first-order valence-corrected chi connectivity index (χ1v) is 10.7. The lowest BCUT2D eigenvalue weighted by Gasteiger charge is -2.25. The molecule has 0 aromatic heterocycles. The molecule has 0 unspecified atom stereocenters. The number of aliphatic hydroxyl groups is 2. The molecular weight excluding hydrogens is 456 g/mol. The van der Waals surface area contributed by atoms with E-state index in [1.165, 1.54) is 36.4 Å². The molecule has 0 spiro atoms. The molecule has 3 aromatic carbocycles. The number of ether oxygens (including phenoxy) is 4. The van der Waals surface area contributed by atoms with E-state index in [4.69, 9.17) is 18.9 Å². The van der Waals surface area contributed by atoms with E-state index in [2.05, 4.69) is 0 Å². The number of rotatable bonds is 7. The molecule has 3 aromatic rings. The highest BCUT2D eigenvalue weighted by molar-refractivity contribution is 5.91. The minimum Gasteiger partial charge on any atom is -0.459 e. The summed E-state index contributed by atoms with van der Waals surface area (Å²) < 4.78 is 21.2. The monoisotopic (exact) mass is 478 g/mol. The number of hydrogen-bond donors (Lipinski definition) is 2. The Morgan fingerprint density at radius 2 is 1.11 bits per heavy atom. The molecule has 0 radical (unpaired) electrons. The predicted molar refractivity (Wildman–Crippen MR) is 120 cm³/mol. The fourth-order valence-electron chi connectivity index (χ4n) is 3.52. The maximum Gasteiger partial charge on any atom is 0.338 e. The summed E-state index contributed by atoms with van der Waals surface area (Å²) in [4.78, 5) is 37.7. The van der Waals surface area contributed by atoms with Crippen LogP contribution < -0.4 is 0 Å². The molecule has 1 saturated heterocycles. The van der Waals surface area contributed by atoms with Crippen molar-refractivity contribution in [1.82, 2.24) is 0 Å². The van der Waals surface area contributed by atoms with Gasteiger partial charge in [0.2, 0.25) is 6.10 Å². The Kier molecular flexibility index (Phi) is 7.21. The van der Waals surface area contributed by atoms with Gasteiger partial charge in [-0.05, 0) is 36.4 Å². The molecule has 0 aliphatic carbocycles. The van der Waals surface area contributed by atoms with Gasteiger partial charge < -0.3 is 29.2 Å². The van der Waals surface area contributed by atoms with Gasteiger partial charge in [0, 0.05) is 0 Å². The Labute approximate surface area is 200 Å². The Hall–Kier alpha value is -4.05. The van der Waals surface area contributed by atoms with Gasteiger partial charge in [-0.15, -0.1) is 0 Å². The van der Waals surface area contributed by atoms with Crippen molar-refractivity contribution in [2.45, 2.75) is 24.3 Å². The molecule has 0 amide bonds. The highest BCUT2D eigenvalue weighted by Crippen LogP contribution is 2.33. The largest absolute Gasteiger partial charge is 0.459 e. The summed E-state index contributed by atoms with van der Waals surface area (Å²) in [5.74, 6) is -5.43. The number of benzene rings is 3. The lowest BCUT2D eigenvalue weighted by Crippen LogP contribution is -2.47. The maximum atomic E-state index is 12.7. The average Bonchev–Trinajstić information content (AvgIpc) is 3.12. The van der Waals surface area contributed by atoms with E-state index in [-0.39, 0.29) is 16.7 Å². The minimum absolute atomic E-state index is 0.135. The van der Waals surface area contributed by atoms with Crippen molar-refractivity contribution in [3.8, 4) is 0 Å². The zero-order chi connectivity index (χ0) is 24.8. The highest BCUT2D eigenvalue weighted by atomic mass is 16.8. The first-order valence-electron chi connectivity index (χ1n) is 10.7. The van der Waals surface area contributed by atoms with Crippen LogP contribution in [0.15, 0.2) is 91.0 Å². The molecule has 3 atom stereocenters. The first kappa shape index (κ1) is 24.1. The van der Waals surface area contributed by atoms with Crippen LogP contribution >= 0.6 is 0 Å². The first-order chi connectivity index (χ1) is 16.8. The van der Waals surface area contributed by atoms with E-state index in [1.54, 1.807) is 54.6 Å². The van der Waals surface area contributed by atoms with Crippen LogP contribution in [0.25, 0.3) is 0 Å². The van der Waals surface area contributed by atoms with Crippen LogP contribution in [-0.2, 0) is 18.9 Å². The molecule has 9 heteroatoms. The van der Waals surface area contributed by atoms with Crippen molar-refractivity contribution >= 4 is 17.9 Å². The topological polar surface area (TPSA) is 129 Å². The predicted octanol–water partition coefficient (Wildman–Crippen LogP) is 2.33. The lowest BCUT2D eigenvalue weighted by molar-refractivity contribution is -0.354. The summed E-state index contributed by atoms with van der Waals surface area (Å²) in [5, 5.41) is 21.0. The lowest BCUT2D eigenvalue weighted by atomic mass is 10.1. The smallest absolute Gasteiger partial charge is 0.338 e. The summed E-state index contributed by atoms with van der Waals surface area (Å²) in [6.07, 6.45) is -4.68. The van der Waals surface area contributed by atoms with Crippen molar-refractivity contribution in [1.29, 1.82) is 0 Å². The second kappa shape index (κ2) is 10.5. The number of esters is 3. The molecule has 1 heterocycles. The van der Waals surface area contributed by atoms with E-state index in [1.807, 2.05) is 0 Å². The second-order valence-corrected chi connectivity index (χ2v) is 7.71. The van der Waals surface area contributed by atoms with E-state index in [0.717, 1.165) is 0 Å². The fourth-order valence-corrected chi connectivity index (χ4v) is 3.52. The quantitative estimate of drug-likeness (QED) is 0.299. The SMILES string of the molecule is O=C(OC[C@H]1OC(O)(O)[C@H](OC(=O)c2ccccc2)[C@@H]1OC(=O)c1ccccc1)c1ccccc1. The van der Waals surface area contributed by atoms with Crippen molar-refractivity contribution in [2.75, 3.05) is 6.61 Å². The van der Waals surface area contributed by atoms with Gasteiger partial charge in [0.05, 0.1) is 16.7 Å². The van der Waals surface area contributed by atoms with Gasteiger partial charge in [0.15, 0.2) is 6.10 Å². The van der Waals surface area contributed by atoms with E-state index >= 15 is 0 Å². The third-order valence-electron chi connectivity index (χ3n) is 5.24. The van der Waals surface area contributed by atoms with Gasteiger partial charge >= 0.3 is 23.9 Å². The molecule has 1 aliphatic rings. The van der Waals surface area contributed by atoms with Crippen LogP contribution in [0.4, 0.5) is 0 Å².